The minimum atomic E-state index is -0.0753. The normalized spacial score (nSPS) is 10.7. The van der Waals surface area contributed by atoms with Gasteiger partial charge in [0.15, 0.2) is 11.0 Å². The van der Waals surface area contributed by atoms with Gasteiger partial charge < -0.3 is 14.4 Å². The lowest BCUT2D eigenvalue weighted by Crippen LogP contribution is -2.06. The van der Waals surface area contributed by atoms with Crippen molar-refractivity contribution in [3.05, 3.63) is 36.2 Å². The van der Waals surface area contributed by atoms with Gasteiger partial charge in [-0.25, -0.2) is 0 Å². The Bertz CT molecular complexity index is 516. The Kier molecular flexibility index (Phi) is 5.88. The van der Waals surface area contributed by atoms with Crippen LogP contribution in [0.5, 0.6) is 5.75 Å². The van der Waals surface area contributed by atoms with E-state index in [2.05, 4.69) is 17.1 Å². The van der Waals surface area contributed by atoms with E-state index in [1.807, 2.05) is 34.9 Å². The molecule has 1 N–H and O–H groups in total. The molecule has 1 heterocycles. The first-order valence-electron chi connectivity index (χ1n) is 6.68. The summed E-state index contributed by atoms with van der Waals surface area (Å²) in [6.07, 6.45) is 0.985. The lowest BCUT2D eigenvalue weighted by atomic mass is 10.3. The van der Waals surface area contributed by atoms with E-state index in [1.165, 1.54) is 0 Å². The number of para-hydroxylation sites is 1. The van der Waals surface area contributed by atoms with Gasteiger partial charge in [-0.1, -0.05) is 36.9 Å². The van der Waals surface area contributed by atoms with E-state index in [-0.39, 0.29) is 6.61 Å². The number of rotatable bonds is 8. The smallest absolute Gasteiger partial charge is 0.191 e. The van der Waals surface area contributed by atoms with Crippen LogP contribution in [0.1, 0.15) is 19.2 Å². The lowest BCUT2D eigenvalue weighted by Gasteiger charge is -2.08. The predicted molar refractivity (Wildman–Crippen MR) is 78.9 cm³/mol. The van der Waals surface area contributed by atoms with E-state index in [0.717, 1.165) is 29.6 Å². The molecule has 0 aliphatic rings. The summed E-state index contributed by atoms with van der Waals surface area (Å²) in [7, 11) is 0. The molecular formula is C14H19N3O2S. The molecule has 0 aliphatic carbocycles. The molecule has 0 aliphatic heterocycles. The highest BCUT2D eigenvalue weighted by Gasteiger charge is 2.10. The average molecular weight is 293 g/mol. The molecule has 2 rings (SSSR count). The Labute approximate surface area is 123 Å². The molecule has 1 aromatic carbocycles. The van der Waals surface area contributed by atoms with Gasteiger partial charge in [0.1, 0.15) is 12.4 Å². The maximum Gasteiger partial charge on any atom is 0.191 e. The molecule has 0 amide bonds. The predicted octanol–water partition coefficient (Wildman–Crippen LogP) is 2.35. The zero-order chi connectivity index (χ0) is 14.2. The fourth-order valence-corrected chi connectivity index (χ4v) is 2.60. The van der Waals surface area contributed by atoms with Crippen LogP contribution in [0.25, 0.3) is 0 Å². The number of aromatic nitrogens is 3. The maximum atomic E-state index is 9.22. The van der Waals surface area contributed by atoms with Crippen LogP contribution in [0.2, 0.25) is 0 Å². The number of thioether (sulfide) groups is 1. The van der Waals surface area contributed by atoms with Crippen molar-refractivity contribution in [2.45, 2.75) is 31.7 Å². The van der Waals surface area contributed by atoms with E-state index in [4.69, 9.17) is 4.74 Å². The molecule has 1 aromatic heterocycles. The van der Waals surface area contributed by atoms with E-state index >= 15 is 0 Å². The van der Waals surface area contributed by atoms with Crippen molar-refractivity contribution >= 4 is 11.8 Å². The largest absolute Gasteiger partial charge is 0.493 e. The molecule has 0 unspecified atom stereocenters. The first kappa shape index (κ1) is 14.9. The number of benzene rings is 1. The number of aliphatic hydroxyl groups is 1. The second kappa shape index (κ2) is 7.91. The fraction of sp³-hybridized carbons (Fsp3) is 0.429. The Hall–Kier alpha value is -1.53. The average Bonchev–Trinajstić information content (AvgIpc) is 2.87. The Morgan fingerprint density at radius 1 is 1.25 bits per heavy atom. The topological polar surface area (TPSA) is 60.2 Å². The summed E-state index contributed by atoms with van der Waals surface area (Å²) in [4.78, 5) is 0. The van der Waals surface area contributed by atoms with Gasteiger partial charge in [-0.2, -0.15) is 0 Å². The molecule has 0 bridgehead atoms. The zero-order valence-corrected chi connectivity index (χ0v) is 12.3. The van der Waals surface area contributed by atoms with Crippen LogP contribution < -0.4 is 4.74 Å². The van der Waals surface area contributed by atoms with Gasteiger partial charge >= 0.3 is 0 Å². The van der Waals surface area contributed by atoms with Crippen LogP contribution in [-0.2, 0) is 13.2 Å². The van der Waals surface area contributed by atoms with Crippen molar-refractivity contribution in [2.75, 3.05) is 12.4 Å². The Balaban J connectivity index is 1.83. The molecule has 0 atom stereocenters. The second-order valence-electron chi connectivity index (χ2n) is 4.22. The number of nitrogens with zero attached hydrogens (tertiary/aromatic N) is 3. The minimum Gasteiger partial charge on any atom is -0.493 e. The van der Waals surface area contributed by atoms with Gasteiger partial charge in [-0.3, -0.25) is 0 Å². The monoisotopic (exact) mass is 293 g/mol. The van der Waals surface area contributed by atoms with E-state index < -0.39 is 0 Å². The fourth-order valence-electron chi connectivity index (χ4n) is 1.80. The van der Waals surface area contributed by atoms with Gasteiger partial charge in [0.05, 0.1) is 6.61 Å². The summed E-state index contributed by atoms with van der Waals surface area (Å²) in [5, 5.41) is 18.2. The molecule has 108 valence electrons. The van der Waals surface area contributed by atoms with Crippen LogP contribution in [0.15, 0.2) is 35.5 Å². The second-order valence-corrected chi connectivity index (χ2v) is 5.28. The molecular weight excluding hydrogens is 274 g/mol. The van der Waals surface area contributed by atoms with Crippen LogP contribution in [0.4, 0.5) is 0 Å². The maximum absolute atomic E-state index is 9.22. The van der Waals surface area contributed by atoms with Gasteiger partial charge in [-0.05, 0) is 18.6 Å². The summed E-state index contributed by atoms with van der Waals surface area (Å²) in [6.45, 7) is 3.45. The highest BCUT2D eigenvalue weighted by molar-refractivity contribution is 7.99. The van der Waals surface area contributed by atoms with Crippen molar-refractivity contribution < 1.29 is 9.84 Å². The zero-order valence-electron chi connectivity index (χ0n) is 11.5. The van der Waals surface area contributed by atoms with Crippen LogP contribution in [0.3, 0.4) is 0 Å². The van der Waals surface area contributed by atoms with Crippen molar-refractivity contribution in [1.82, 2.24) is 14.8 Å². The summed E-state index contributed by atoms with van der Waals surface area (Å²) < 4.78 is 7.60. The molecule has 0 fully saturated rings. The first-order chi connectivity index (χ1) is 9.85. The van der Waals surface area contributed by atoms with Gasteiger partial charge in [0, 0.05) is 12.3 Å². The number of aliphatic hydroxyl groups excluding tert-OH is 1. The van der Waals surface area contributed by atoms with Crippen LogP contribution in [0, 0.1) is 0 Å². The molecule has 6 heteroatoms. The summed E-state index contributed by atoms with van der Waals surface area (Å²) in [6, 6.07) is 9.75. The van der Waals surface area contributed by atoms with Crippen LogP contribution in [-0.4, -0.2) is 32.2 Å². The molecule has 20 heavy (non-hydrogen) atoms. The quantitative estimate of drug-likeness (QED) is 0.598. The Morgan fingerprint density at radius 3 is 2.75 bits per heavy atom. The third-order valence-corrected chi connectivity index (χ3v) is 3.64. The number of hydrogen-bond acceptors (Lipinski definition) is 5. The number of hydrogen-bond donors (Lipinski definition) is 1. The van der Waals surface area contributed by atoms with Gasteiger partial charge in [-0.15, -0.1) is 10.2 Å². The third-order valence-electron chi connectivity index (χ3n) is 2.71. The summed E-state index contributed by atoms with van der Waals surface area (Å²) in [5.74, 6) is 2.29. The molecule has 0 saturated carbocycles. The van der Waals surface area contributed by atoms with Crippen LogP contribution >= 0.6 is 11.8 Å². The molecule has 0 spiro atoms. The first-order valence-corrected chi connectivity index (χ1v) is 7.67. The minimum absolute atomic E-state index is 0.0753. The van der Waals surface area contributed by atoms with E-state index in [0.29, 0.717) is 12.4 Å². The SMILES string of the molecule is CCCn1c(CO)nnc1SCCOc1ccccc1. The third kappa shape index (κ3) is 3.98. The Morgan fingerprint density at radius 2 is 2.05 bits per heavy atom. The van der Waals surface area contributed by atoms with Crippen molar-refractivity contribution in [3.63, 3.8) is 0 Å². The van der Waals surface area contributed by atoms with Crippen molar-refractivity contribution in [1.29, 1.82) is 0 Å². The molecule has 2 aromatic rings. The highest BCUT2D eigenvalue weighted by Crippen LogP contribution is 2.18. The standard InChI is InChI=1S/C14H19N3O2S/c1-2-8-17-13(11-18)15-16-14(17)20-10-9-19-12-6-4-3-5-7-12/h3-7,18H,2,8-11H2,1H3. The summed E-state index contributed by atoms with van der Waals surface area (Å²) >= 11 is 1.60. The molecule has 5 nitrogen and oxygen atoms in total. The molecule has 0 radical (unpaired) electrons. The van der Waals surface area contributed by atoms with E-state index in [9.17, 15) is 5.11 Å². The van der Waals surface area contributed by atoms with Crippen molar-refractivity contribution in [3.8, 4) is 5.75 Å². The summed E-state index contributed by atoms with van der Waals surface area (Å²) in [5.41, 5.74) is 0. The molecule has 0 saturated heterocycles. The van der Waals surface area contributed by atoms with Gasteiger partial charge in [0.25, 0.3) is 0 Å². The van der Waals surface area contributed by atoms with Gasteiger partial charge in [0.2, 0.25) is 0 Å². The highest BCUT2D eigenvalue weighted by atomic mass is 32.2. The number of ether oxygens (including phenoxy) is 1. The van der Waals surface area contributed by atoms with E-state index in [1.54, 1.807) is 11.8 Å². The lowest BCUT2D eigenvalue weighted by molar-refractivity contribution is 0.263. The van der Waals surface area contributed by atoms with Crippen molar-refractivity contribution in [2.24, 2.45) is 0 Å².